The molecule has 0 saturated heterocycles. The van der Waals surface area contributed by atoms with Gasteiger partial charge in [-0.15, -0.1) is 0 Å². The first-order valence-electron chi connectivity index (χ1n) is 10.8. The number of hydrogen-bond donors (Lipinski definition) is 0. The van der Waals surface area contributed by atoms with Crippen molar-refractivity contribution in [3.63, 3.8) is 0 Å². The van der Waals surface area contributed by atoms with E-state index in [0.717, 1.165) is 28.7 Å². The zero-order chi connectivity index (χ0) is 22.6. The number of aryl methyl sites for hydroxylation is 2. The lowest BCUT2D eigenvalue weighted by molar-refractivity contribution is -0.145. The van der Waals surface area contributed by atoms with Crippen LogP contribution in [0.15, 0.2) is 36.4 Å². The van der Waals surface area contributed by atoms with Crippen LogP contribution in [0.5, 0.6) is 0 Å². The first kappa shape index (κ1) is 23.9. The maximum Gasteiger partial charge on any atom is 0.321 e. The fourth-order valence-corrected chi connectivity index (χ4v) is 4.26. The third-order valence-electron chi connectivity index (χ3n) is 5.70. The van der Waals surface area contributed by atoms with Gasteiger partial charge in [0.05, 0.1) is 6.61 Å². The molecule has 0 N–H and O–H groups in total. The van der Waals surface area contributed by atoms with Crippen molar-refractivity contribution < 1.29 is 14.3 Å². The molecular weight excluding hydrogens is 372 g/mol. The number of Topliss-reactive ketones (excluding diaryl/α,β-unsaturated/α-hetero) is 1. The van der Waals surface area contributed by atoms with Crippen molar-refractivity contribution in [2.24, 2.45) is 11.3 Å². The number of carbonyl (C=O) groups is 2. The van der Waals surface area contributed by atoms with Gasteiger partial charge in [-0.3, -0.25) is 9.59 Å². The Balaban J connectivity index is 2.37. The molecule has 0 amide bonds. The van der Waals surface area contributed by atoms with Gasteiger partial charge in [-0.1, -0.05) is 64.1 Å². The monoisotopic (exact) mass is 408 g/mol. The van der Waals surface area contributed by atoms with Crippen molar-refractivity contribution >= 4 is 11.8 Å². The third-order valence-corrected chi connectivity index (χ3v) is 5.70. The smallest absolute Gasteiger partial charge is 0.321 e. The predicted octanol–water partition coefficient (Wildman–Crippen LogP) is 6.50. The molecule has 0 fully saturated rings. The van der Waals surface area contributed by atoms with Crippen molar-refractivity contribution in [1.82, 2.24) is 0 Å². The fourth-order valence-electron chi connectivity index (χ4n) is 4.26. The number of rotatable bonds is 7. The number of ether oxygens (including phenoxy) is 1. The standard InChI is InChI=1S/C27H36O3/c1-17(15-27(6,7)8)16-30-26(29)24(22-12-10-9-11-13-22)25(28)23-19(3)14-18(2)20(4)21(23)5/h9-14,17,24H,15-16H2,1-8H3. The van der Waals surface area contributed by atoms with Crippen LogP contribution in [0.1, 0.15) is 78.2 Å². The summed E-state index contributed by atoms with van der Waals surface area (Å²) >= 11 is 0. The Kier molecular flexibility index (Phi) is 7.63. The SMILES string of the molecule is Cc1cc(C)c(C(=O)C(C(=O)OCC(C)CC(C)(C)C)c2ccccc2)c(C)c1C. The predicted molar refractivity (Wildman–Crippen MR) is 123 cm³/mol. The van der Waals surface area contributed by atoms with Crippen molar-refractivity contribution in [2.45, 2.75) is 67.7 Å². The van der Waals surface area contributed by atoms with Gasteiger partial charge in [0.25, 0.3) is 0 Å². The van der Waals surface area contributed by atoms with Crippen LogP contribution in [-0.4, -0.2) is 18.4 Å². The maximum atomic E-state index is 13.7. The molecule has 0 saturated carbocycles. The summed E-state index contributed by atoms with van der Waals surface area (Å²) < 4.78 is 5.68. The van der Waals surface area contributed by atoms with Crippen LogP contribution < -0.4 is 0 Å². The second-order valence-electron chi connectivity index (χ2n) is 9.84. The molecule has 3 heteroatoms. The largest absolute Gasteiger partial charge is 0.465 e. The third kappa shape index (κ3) is 5.81. The normalized spacial score (nSPS) is 13.6. The second kappa shape index (κ2) is 9.59. The highest BCUT2D eigenvalue weighted by atomic mass is 16.5. The van der Waals surface area contributed by atoms with E-state index in [-0.39, 0.29) is 17.1 Å². The summed E-state index contributed by atoms with van der Waals surface area (Å²) in [5.41, 5.74) is 5.54. The van der Waals surface area contributed by atoms with Crippen molar-refractivity contribution in [3.8, 4) is 0 Å². The minimum absolute atomic E-state index is 0.161. The van der Waals surface area contributed by atoms with Gasteiger partial charge in [0.1, 0.15) is 5.92 Å². The van der Waals surface area contributed by atoms with Crippen LogP contribution >= 0.6 is 0 Å². The number of carbonyl (C=O) groups excluding carboxylic acids is 2. The van der Waals surface area contributed by atoms with Gasteiger partial charge >= 0.3 is 5.97 Å². The minimum Gasteiger partial charge on any atom is -0.465 e. The van der Waals surface area contributed by atoms with Gasteiger partial charge in [-0.2, -0.15) is 0 Å². The lowest BCUT2D eigenvalue weighted by Gasteiger charge is -2.24. The van der Waals surface area contributed by atoms with Crippen molar-refractivity contribution in [1.29, 1.82) is 0 Å². The Labute approximate surface area is 181 Å². The number of benzene rings is 2. The molecule has 2 aromatic carbocycles. The van der Waals surface area contributed by atoms with E-state index >= 15 is 0 Å². The summed E-state index contributed by atoms with van der Waals surface area (Å²) in [7, 11) is 0. The molecule has 2 aromatic rings. The van der Waals surface area contributed by atoms with Gasteiger partial charge < -0.3 is 4.74 Å². The van der Waals surface area contributed by atoms with E-state index in [9.17, 15) is 9.59 Å². The topological polar surface area (TPSA) is 43.4 Å². The number of hydrogen-bond acceptors (Lipinski definition) is 3. The van der Waals surface area contributed by atoms with Crippen LogP contribution in [0.25, 0.3) is 0 Å². The van der Waals surface area contributed by atoms with E-state index in [2.05, 4.69) is 27.7 Å². The van der Waals surface area contributed by atoms with Crippen molar-refractivity contribution in [3.05, 3.63) is 69.8 Å². The summed E-state index contributed by atoms with van der Waals surface area (Å²) in [6, 6.07) is 11.3. The highest BCUT2D eigenvalue weighted by Gasteiger charge is 2.33. The van der Waals surface area contributed by atoms with Crippen molar-refractivity contribution in [2.75, 3.05) is 6.61 Å². The summed E-state index contributed by atoms with van der Waals surface area (Å²) in [6.45, 7) is 16.9. The van der Waals surface area contributed by atoms with Crippen LogP contribution in [0.2, 0.25) is 0 Å². The number of ketones is 1. The lowest BCUT2D eigenvalue weighted by atomic mass is 9.84. The molecule has 2 rings (SSSR count). The first-order valence-corrected chi connectivity index (χ1v) is 10.8. The maximum absolute atomic E-state index is 13.7. The molecule has 2 atom stereocenters. The molecule has 3 nitrogen and oxygen atoms in total. The quantitative estimate of drug-likeness (QED) is 0.298. The Morgan fingerprint density at radius 1 is 0.933 bits per heavy atom. The van der Waals surface area contributed by atoms with Gasteiger partial charge in [0.15, 0.2) is 5.78 Å². The van der Waals surface area contributed by atoms with E-state index in [1.165, 1.54) is 0 Å². The average Bonchev–Trinajstić information content (AvgIpc) is 2.64. The summed E-state index contributed by atoms with van der Waals surface area (Å²) in [6.07, 6.45) is 0.944. The molecule has 30 heavy (non-hydrogen) atoms. The van der Waals surface area contributed by atoms with Gasteiger partial charge in [0, 0.05) is 5.56 Å². The molecular formula is C27H36O3. The molecule has 0 radical (unpaired) electrons. The molecule has 0 aliphatic carbocycles. The number of esters is 1. The molecule has 0 heterocycles. The van der Waals surface area contributed by atoms with E-state index in [1.807, 2.05) is 64.1 Å². The van der Waals surface area contributed by atoms with Crippen LogP contribution in [-0.2, 0) is 9.53 Å². The van der Waals surface area contributed by atoms with E-state index in [0.29, 0.717) is 17.7 Å². The second-order valence-corrected chi connectivity index (χ2v) is 9.84. The summed E-state index contributed by atoms with van der Waals surface area (Å²) in [4.78, 5) is 26.8. The van der Waals surface area contributed by atoms with Crippen LogP contribution in [0.4, 0.5) is 0 Å². The Hall–Kier alpha value is -2.42. The molecule has 0 aromatic heterocycles. The first-order chi connectivity index (χ1) is 13.9. The van der Waals surface area contributed by atoms with Gasteiger partial charge in [-0.05, 0) is 73.3 Å². The average molecular weight is 409 g/mol. The van der Waals surface area contributed by atoms with Crippen LogP contribution in [0.3, 0.4) is 0 Å². The highest BCUT2D eigenvalue weighted by Crippen LogP contribution is 2.30. The molecule has 162 valence electrons. The van der Waals surface area contributed by atoms with E-state index in [1.54, 1.807) is 0 Å². The fraction of sp³-hybridized carbons (Fsp3) is 0.481. The zero-order valence-electron chi connectivity index (χ0n) is 19.8. The van der Waals surface area contributed by atoms with Gasteiger partial charge in [0.2, 0.25) is 0 Å². The van der Waals surface area contributed by atoms with E-state index in [4.69, 9.17) is 4.74 Å². The Morgan fingerprint density at radius 2 is 1.53 bits per heavy atom. The van der Waals surface area contributed by atoms with Crippen LogP contribution in [0, 0.1) is 39.0 Å². The molecule has 0 aliphatic heterocycles. The summed E-state index contributed by atoms with van der Waals surface area (Å²) in [5.74, 6) is -1.38. The Morgan fingerprint density at radius 3 is 2.10 bits per heavy atom. The minimum atomic E-state index is -0.951. The van der Waals surface area contributed by atoms with E-state index < -0.39 is 11.9 Å². The van der Waals surface area contributed by atoms with Gasteiger partial charge in [-0.25, -0.2) is 0 Å². The molecule has 0 aliphatic rings. The highest BCUT2D eigenvalue weighted by molar-refractivity contribution is 6.14. The summed E-state index contributed by atoms with van der Waals surface area (Å²) in [5, 5.41) is 0. The zero-order valence-corrected chi connectivity index (χ0v) is 19.8. The molecule has 2 unspecified atom stereocenters. The molecule has 0 spiro atoms. The molecule has 0 bridgehead atoms. The lowest BCUT2D eigenvalue weighted by Crippen LogP contribution is -2.28. The Bertz CT molecular complexity index is 904.